The number of hydrogen-bond acceptors (Lipinski definition) is 4. The van der Waals surface area contributed by atoms with Crippen LogP contribution in [0.5, 0.6) is 0 Å². The minimum absolute atomic E-state index is 0.144. The van der Waals surface area contributed by atoms with Gasteiger partial charge < -0.3 is 9.64 Å². The van der Waals surface area contributed by atoms with E-state index in [1.54, 1.807) is 11.8 Å². The Kier molecular flexibility index (Phi) is 3.52. The van der Waals surface area contributed by atoms with Crippen LogP contribution < -0.4 is 0 Å². The van der Waals surface area contributed by atoms with Crippen LogP contribution >= 0.6 is 0 Å². The summed E-state index contributed by atoms with van der Waals surface area (Å²) in [5.74, 6) is -0.595. The summed E-state index contributed by atoms with van der Waals surface area (Å²) in [4.78, 5) is 41.3. The average Bonchev–Trinajstić information content (AvgIpc) is 2.89. The van der Waals surface area contributed by atoms with Gasteiger partial charge >= 0.3 is 0 Å². The van der Waals surface area contributed by atoms with Gasteiger partial charge in [0.05, 0.1) is 25.0 Å². The van der Waals surface area contributed by atoms with Crippen molar-refractivity contribution >= 4 is 17.7 Å². The molecule has 23 heavy (non-hydrogen) atoms. The highest BCUT2D eigenvalue weighted by molar-refractivity contribution is 6.09. The molecule has 3 amide bonds. The maximum Gasteiger partial charge on any atom is 0.245 e. The normalized spacial score (nSPS) is 37.3. The number of allylic oxidation sites excluding steroid dienone is 2. The number of hydrogen-bond donors (Lipinski definition) is 0. The van der Waals surface area contributed by atoms with E-state index in [9.17, 15) is 14.4 Å². The lowest BCUT2D eigenvalue weighted by molar-refractivity contribution is -0.152. The Labute approximate surface area is 135 Å². The van der Waals surface area contributed by atoms with E-state index in [1.807, 2.05) is 0 Å². The molecule has 5 aliphatic rings. The molecule has 0 N–H and O–H groups in total. The zero-order chi connectivity index (χ0) is 16.1. The SMILES string of the molecule is C[C@H](C(=O)N1CCOCC1)N1C(=O)[C@@H]2[C@H](C1=O)[C@H]1C=C[C@H]2CC1. The van der Waals surface area contributed by atoms with E-state index in [0.29, 0.717) is 26.3 Å². The molecule has 6 heteroatoms. The molecule has 6 nitrogen and oxygen atoms in total. The lowest BCUT2D eigenvalue weighted by Crippen LogP contribution is -2.52. The smallest absolute Gasteiger partial charge is 0.245 e. The van der Waals surface area contributed by atoms with Gasteiger partial charge in [-0.3, -0.25) is 19.3 Å². The molecule has 3 fully saturated rings. The van der Waals surface area contributed by atoms with Crippen molar-refractivity contribution in [2.75, 3.05) is 26.3 Å². The quantitative estimate of drug-likeness (QED) is 0.547. The maximum absolute atomic E-state index is 12.8. The maximum atomic E-state index is 12.8. The highest BCUT2D eigenvalue weighted by atomic mass is 16.5. The van der Waals surface area contributed by atoms with E-state index in [4.69, 9.17) is 4.74 Å². The van der Waals surface area contributed by atoms with Gasteiger partial charge in [-0.05, 0) is 31.6 Å². The third kappa shape index (κ3) is 2.15. The van der Waals surface area contributed by atoms with Crippen molar-refractivity contribution in [1.82, 2.24) is 9.80 Å². The highest BCUT2D eigenvalue weighted by Gasteiger charge is 2.58. The minimum Gasteiger partial charge on any atom is -0.378 e. The summed E-state index contributed by atoms with van der Waals surface area (Å²) in [6, 6.07) is -0.710. The summed E-state index contributed by atoms with van der Waals surface area (Å²) in [6.07, 6.45) is 6.14. The van der Waals surface area contributed by atoms with Crippen molar-refractivity contribution in [3.05, 3.63) is 12.2 Å². The van der Waals surface area contributed by atoms with Crippen LogP contribution in [-0.4, -0.2) is 59.9 Å². The fourth-order valence-corrected chi connectivity index (χ4v) is 4.64. The lowest BCUT2D eigenvalue weighted by atomic mass is 9.63. The Morgan fingerprint density at radius 1 is 1.09 bits per heavy atom. The summed E-state index contributed by atoms with van der Waals surface area (Å²) in [7, 11) is 0. The second-order valence-electron chi connectivity index (χ2n) is 7.00. The van der Waals surface area contributed by atoms with Crippen LogP contribution in [0.2, 0.25) is 0 Å². The fourth-order valence-electron chi connectivity index (χ4n) is 4.64. The van der Waals surface area contributed by atoms with Crippen LogP contribution in [0, 0.1) is 23.7 Å². The molecule has 2 aliphatic heterocycles. The number of amides is 3. The number of imide groups is 1. The molecule has 5 rings (SSSR count). The average molecular weight is 318 g/mol. The van der Waals surface area contributed by atoms with Crippen LogP contribution in [0.1, 0.15) is 19.8 Å². The summed E-state index contributed by atoms with van der Waals surface area (Å²) in [5, 5.41) is 0. The van der Waals surface area contributed by atoms with Crippen LogP contribution in [0.4, 0.5) is 0 Å². The standard InChI is InChI=1S/C17H22N2O4/c1-10(15(20)18-6-8-23-9-7-18)19-16(21)13-11-2-3-12(5-4-11)14(13)17(19)22/h2-3,10-14H,4-9H2,1H3/t10-,11+,12+,13-,14+/m1/s1. The zero-order valence-corrected chi connectivity index (χ0v) is 13.3. The van der Waals surface area contributed by atoms with E-state index in [2.05, 4.69) is 12.2 Å². The Morgan fingerprint density at radius 2 is 1.61 bits per heavy atom. The Balaban J connectivity index is 1.56. The molecule has 0 unspecified atom stereocenters. The number of likely N-dealkylation sites (tertiary alicyclic amines) is 1. The van der Waals surface area contributed by atoms with Gasteiger partial charge in [0.2, 0.25) is 17.7 Å². The predicted octanol–water partition coefficient (Wildman–Crippen LogP) is 0.431. The first-order chi connectivity index (χ1) is 11.1. The first-order valence-corrected chi connectivity index (χ1v) is 8.51. The topological polar surface area (TPSA) is 66.9 Å². The lowest BCUT2D eigenvalue weighted by Gasteiger charge is -2.38. The van der Waals surface area contributed by atoms with E-state index in [0.717, 1.165) is 12.8 Å². The molecular formula is C17H22N2O4. The molecule has 3 aliphatic carbocycles. The third-order valence-electron chi connectivity index (χ3n) is 5.86. The molecular weight excluding hydrogens is 296 g/mol. The van der Waals surface area contributed by atoms with Crippen LogP contribution in [0.15, 0.2) is 12.2 Å². The Hall–Kier alpha value is -1.69. The minimum atomic E-state index is -0.710. The van der Waals surface area contributed by atoms with Gasteiger partial charge in [0, 0.05) is 13.1 Å². The van der Waals surface area contributed by atoms with Gasteiger partial charge in [0.25, 0.3) is 0 Å². The Bertz CT molecular complexity index is 549. The number of carbonyl (C=O) groups excluding carboxylic acids is 3. The van der Waals surface area contributed by atoms with Crippen molar-refractivity contribution in [2.24, 2.45) is 23.7 Å². The van der Waals surface area contributed by atoms with E-state index >= 15 is 0 Å². The molecule has 2 bridgehead atoms. The van der Waals surface area contributed by atoms with E-state index < -0.39 is 6.04 Å². The van der Waals surface area contributed by atoms with Crippen molar-refractivity contribution in [1.29, 1.82) is 0 Å². The van der Waals surface area contributed by atoms with Crippen molar-refractivity contribution in [2.45, 2.75) is 25.8 Å². The largest absolute Gasteiger partial charge is 0.378 e. The summed E-state index contributed by atoms with van der Waals surface area (Å²) < 4.78 is 5.26. The summed E-state index contributed by atoms with van der Waals surface area (Å²) in [5.41, 5.74) is 0. The highest BCUT2D eigenvalue weighted by Crippen LogP contribution is 2.49. The number of ether oxygens (including phenoxy) is 1. The van der Waals surface area contributed by atoms with Crippen LogP contribution in [0.25, 0.3) is 0 Å². The Morgan fingerprint density at radius 3 is 2.09 bits per heavy atom. The van der Waals surface area contributed by atoms with Gasteiger partial charge in [-0.1, -0.05) is 12.2 Å². The van der Waals surface area contributed by atoms with Crippen molar-refractivity contribution < 1.29 is 19.1 Å². The second kappa shape index (κ2) is 5.44. The molecule has 2 heterocycles. The second-order valence-corrected chi connectivity index (χ2v) is 7.00. The molecule has 0 aromatic rings. The first-order valence-electron chi connectivity index (χ1n) is 8.51. The molecule has 0 aromatic heterocycles. The van der Waals surface area contributed by atoms with Crippen LogP contribution in [-0.2, 0) is 19.1 Å². The first kappa shape index (κ1) is 14.9. The molecule has 124 valence electrons. The molecule has 0 spiro atoms. The molecule has 2 saturated heterocycles. The van der Waals surface area contributed by atoms with Crippen LogP contribution in [0.3, 0.4) is 0 Å². The van der Waals surface area contributed by atoms with Gasteiger partial charge in [-0.2, -0.15) is 0 Å². The fraction of sp³-hybridized carbons (Fsp3) is 0.706. The monoisotopic (exact) mass is 318 g/mol. The number of nitrogens with zero attached hydrogens (tertiary/aromatic N) is 2. The number of fused-ring (bicyclic) bond motifs is 1. The van der Waals surface area contributed by atoms with Gasteiger partial charge in [-0.25, -0.2) is 0 Å². The van der Waals surface area contributed by atoms with Crippen molar-refractivity contribution in [3.8, 4) is 0 Å². The van der Waals surface area contributed by atoms with Gasteiger partial charge in [-0.15, -0.1) is 0 Å². The van der Waals surface area contributed by atoms with Crippen molar-refractivity contribution in [3.63, 3.8) is 0 Å². The molecule has 1 saturated carbocycles. The number of carbonyl (C=O) groups is 3. The molecule has 0 radical (unpaired) electrons. The summed E-state index contributed by atoms with van der Waals surface area (Å²) >= 11 is 0. The van der Waals surface area contributed by atoms with E-state index in [-0.39, 0.29) is 41.4 Å². The predicted molar refractivity (Wildman–Crippen MR) is 81.0 cm³/mol. The van der Waals surface area contributed by atoms with Gasteiger partial charge in [0.1, 0.15) is 6.04 Å². The van der Waals surface area contributed by atoms with Gasteiger partial charge in [0.15, 0.2) is 0 Å². The number of morpholine rings is 1. The third-order valence-corrected chi connectivity index (χ3v) is 5.86. The molecule has 5 atom stereocenters. The zero-order valence-electron chi connectivity index (χ0n) is 13.3. The van der Waals surface area contributed by atoms with E-state index in [1.165, 1.54) is 4.90 Å². The number of rotatable bonds is 2. The summed E-state index contributed by atoms with van der Waals surface area (Å²) in [6.45, 7) is 3.76. The molecule has 0 aromatic carbocycles.